The molecule has 1 atom stereocenters. The molecule has 1 fully saturated rings. The number of rotatable bonds is 6. The number of nitrogens with zero attached hydrogens (tertiary/aromatic N) is 1. The highest BCUT2D eigenvalue weighted by molar-refractivity contribution is 5.67. The first-order valence-corrected chi connectivity index (χ1v) is 6.00. The fraction of sp³-hybridized carbons (Fsp3) is 0.909. The average Bonchev–Trinajstić information content (AvgIpc) is 2.76. The Hall–Kier alpha value is -0.840. The van der Waals surface area contributed by atoms with Crippen LogP contribution in [0.3, 0.4) is 0 Å². The first kappa shape index (κ1) is 13.2. The van der Waals surface area contributed by atoms with Crippen molar-refractivity contribution in [2.75, 3.05) is 32.9 Å². The molecule has 0 aromatic rings. The molecule has 1 saturated heterocycles. The minimum atomic E-state index is -0.512. The van der Waals surface area contributed by atoms with Crippen LogP contribution in [0.2, 0.25) is 0 Å². The van der Waals surface area contributed by atoms with Crippen LogP contribution in [0.1, 0.15) is 26.2 Å². The largest absolute Gasteiger partial charge is 0.445 e. The van der Waals surface area contributed by atoms with Crippen molar-refractivity contribution in [3.05, 3.63) is 0 Å². The van der Waals surface area contributed by atoms with Gasteiger partial charge in [0.1, 0.15) is 12.8 Å². The van der Waals surface area contributed by atoms with Gasteiger partial charge in [-0.25, -0.2) is 9.18 Å². The summed E-state index contributed by atoms with van der Waals surface area (Å²) in [7, 11) is 0. The number of alkyl halides is 1. The fourth-order valence-electron chi connectivity index (χ4n) is 1.69. The maximum Gasteiger partial charge on any atom is 0.410 e. The monoisotopic (exact) mass is 232 g/mol. The number of hydrogen-bond donors (Lipinski definition) is 1. The van der Waals surface area contributed by atoms with Crippen LogP contribution in [0.4, 0.5) is 9.18 Å². The highest BCUT2D eigenvalue weighted by Gasteiger charge is 2.22. The Kier molecular flexibility index (Phi) is 6.15. The highest BCUT2D eigenvalue weighted by Crippen LogP contribution is 2.07. The number of carbonyl (C=O) groups excluding carboxylic acids is 1. The molecule has 1 aliphatic heterocycles. The molecule has 94 valence electrons. The summed E-state index contributed by atoms with van der Waals surface area (Å²) in [5.41, 5.74) is 0. The summed E-state index contributed by atoms with van der Waals surface area (Å²) >= 11 is 0. The van der Waals surface area contributed by atoms with E-state index in [1.165, 1.54) is 4.90 Å². The third kappa shape index (κ3) is 4.35. The van der Waals surface area contributed by atoms with Gasteiger partial charge in [0.25, 0.3) is 0 Å². The molecule has 0 saturated carbocycles. The Morgan fingerprint density at radius 1 is 1.56 bits per heavy atom. The van der Waals surface area contributed by atoms with Gasteiger partial charge in [-0.1, -0.05) is 13.3 Å². The molecule has 0 aromatic carbocycles. The summed E-state index contributed by atoms with van der Waals surface area (Å²) in [6.07, 6.45) is 2.30. The van der Waals surface area contributed by atoms with E-state index in [1.54, 1.807) is 0 Å². The molecular formula is C11H21FN2O2. The maximum absolute atomic E-state index is 12.3. The van der Waals surface area contributed by atoms with E-state index in [9.17, 15) is 9.18 Å². The molecule has 16 heavy (non-hydrogen) atoms. The molecule has 0 bridgehead atoms. The Morgan fingerprint density at radius 3 is 2.94 bits per heavy atom. The van der Waals surface area contributed by atoms with E-state index in [-0.39, 0.29) is 18.7 Å². The third-order valence-electron chi connectivity index (χ3n) is 2.68. The van der Waals surface area contributed by atoms with Gasteiger partial charge in [0.05, 0.1) is 6.54 Å². The minimum Gasteiger partial charge on any atom is -0.445 e. The topological polar surface area (TPSA) is 41.6 Å². The van der Waals surface area contributed by atoms with Gasteiger partial charge in [-0.2, -0.15) is 0 Å². The molecule has 1 unspecified atom stereocenters. The zero-order chi connectivity index (χ0) is 11.8. The molecule has 0 aliphatic carbocycles. The molecule has 1 aliphatic rings. The second-order valence-electron chi connectivity index (χ2n) is 4.03. The fourth-order valence-corrected chi connectivity index (χ4v) is 1.69. The number of amides is 1. The van der Waals surface area contributed by atoms with E-state index >= 15 is 0 Å². The molecule has 1 N–H and O–H groups in total. The lowest BCUT2D eigenvalue weighted by molar-refractivity contribution is 0.0681. The second kappa shape index (κ2) is 7.44. The van der Waals surface area contributed by atoms with Crippen LogP contribution in [-0.2, 0) is 4.74 Å². The highest BCUT2D eigenvalue weighted by atomic mass is 19.1. The van der Waals surface area contributed by atoms with Gasteiger partial charge in [0.2, 0.25) is 0 Å². The van der Waals surface area contributed by atoms with Crippen LogP contribution < -0.4 is 5.32 Å². The lowest BCUT2D eigenvalue weighted by Gasteiger charge is -2.22. The first-order valence-electron chi connectivity index (χ1n) is 6.00. The molecule has 1 amide bonds. The van der Waals surface area contributed by atoms with Crippen molar-refractivity contribution in [1.82, 2.24) is 10.2 Å². The van der Waals surface area contributed by atoms with Crippen molar-refractivity contribution >= 4 is 6.09 Å². The van der Waals surface area contributed by atoms with Gasteiger partial charge in [-0.3, -0.25) is 0 Å². The number of carbonyl (C=O) groups is 1. The van der Waals surface area contributed by atoms with Gasteiger partial charge in [0, 0.05) is 13.1 Å². The molecule has 1 heterocycles. The van der Waals surface area contributed by atoms with Gasteiger partial charge in [0.15, 0.2) is 0 Å². The zero-order valence-corrected chi connectivity index (χ0v) is 9.88. The molecule has 0 radical (unpaired) electrons. The number of nitrogens with one attached hydrogen (secondary N) is 1. The second-order valence-corrected chi connectivity index (χ2v) is 4.03. The zero-order valence-electron chi connectivity index (χ0n) is 9.88. The van der Waals surface area contributed by atoms with Gasteiger partial charge in [-0.15, -0.1) is 0 Å². The minimum absolute atomic E-state index is 0.0452. The van der Waals surface area contributed by atoms with Gasteiger partial charge < -0.3 is 15.0 Å². The summed E-state index contributed by atoms with van der Waals surface area (Å²) in [5.74, 6) is 0. The van der Waals surface area contributed by atoms with Crippen LogP contribution in [0.25, 0.3) is 0 Å². The van der Waals surface area contributed by atoms with E-state index in [4.69, 9.17) is 4.74 Å². The maximum atomic E-state index is 12.3. The molecule has 4 nitrogen and oxygen atoms in total. The Labute approximate surface area is 96.1 Å². The summed E-state index contributed by atoms with van der Waals surface area (Å²) in [6.45, 7) is 3.85. The Balaban J connectivity index is 2.32. The quantitative estimate of drug-likeness (QED) is 0.755. The normalized spacial score (nSPS) is 19.8. The molecule has 1 rings (SSSR count). The lowest BCUT2D eigenvalue weighted by Crippen LogP contribution is -2.37. The number of unbranched alkanes of at least 4 members (excludes halogenated alkanes) is 1. The molecular weight excluding hydrogens is 211 g/mol. The molecule has 0 spiro atoms. The number of hydrogen-bond acceptors (Lipinski definition) is 3. The van der Waals surface area contributed by atoms with E-state index in [0.29, 0.717) is 13.1 Å². The summed E-state index contributed by atoms with van der Waals surface area (Å²) in [5, 5.41) is 3.12. The van der Waals surface area contributed by atoms with Crippen molar-refractivity contribution in [2.24, 2.45) is 0 Å². The average molecular weight is 232 g/mol. The third-order valence-corrected chi connectivity index (χ3v) is 2.68. The smallest absolute Gasteiger partial charge is 0.410 e. The van der Waals surface area contributed by atoms with Crippen molar-refractivity contribution in [1.29, 1.82) is 0 Å². The van der Waals surface area contributed by atoms with E-state index in [0.717, 1.165) is 25.8 Å². The van der Waals surface area contributed by atoms with Crippen molar-refractivity contribution < 1.29 is 13.9 Å². The predicted octanol–water partition coefficient (Wildman–Crippen LogP) is 1.56. The molecule has 5 heteroatoms. The first-order chi connectivity index (χ1) is 7.77. The van der Waals surface area contributed by atoms with Crippen molar-refractivity contribution in [3.63, 3.8) is 0 Å². The predicted molar refractivity (Wildman–Crippen MR) is 60.2 cm³/mol. The Bertz CT molecular complexity index is 208. The van der Waals surface area contributed by atoms with Gasteiger partial charge >= 0.3 is 6.09 Å². The van der Waals surface area contributed by atoms with Crippen LogP contribution in [-0.4, -0.2) is 50.0 Å². The van der Waals surface area contributed by atoms with Gasteiger partial charge in [-0.05, 0) is 19.4 Å². The van der Waals surface area contributed by atoms with Crippen LogP contribution in [0.5, 0.6) is 0 Å². The van der Waals surface area contributed by atoms with E-state index < -0.39 is 6.67 Å². The summed E-state index contributed by atoms with van der Waals surface area (Å²) in [6, 6.07) is 0. The van der Waals surface area contributed by atoms with Crippen molar-refractivity contribution in [3.8, 4) is 0 Å². The van der Waals surface area contributed by atoms with Crippen LogP contribution >= 0.6 is 0 Å². The number of ether oxygens (including phenoxy) is 1. The SMILES string of the molecule is CCCCN(CCF)C(=O)OC1CCNC1. The standard InChI is InChI=1S/C11H21FN2O2/c1-2-3-7-14(8-5-12)11(15)16-10-4-6-13-9-10/h10,13H,2-9H2,1H3. The molecule has 0 aromatic heterocycles. The lowest BCUT2D eigenvalue weighted by atomic mass is 10.3. The summed E-state index contributed by atoms with van der Waals surface area (Å²) in [4.78, 5) is 13.2. The Morgan fingerprint density at radius 2 is 2.38 bits per heavy atom. The number of halogens is 1. The van der Waals surface area contributed by atoms with Crippen LogP contribution in [0, 0.1) is 0 Å². The van der Waals surface area contributed by atoms with E-state index in [2.05, 4.69) is 5.32 Å². The van der Waals surface area contributed by atoms with Crippen LogP contribution in [0.15, 0.2) is 0 Å². The summed E-state index contributed by atoms with van der Waals surface area (Å²) < 4.78 is 17.6. The van der Waals surface area contributed by atoms with Crippen molar-refractivity contribution in [2.45, 2.75) is 32.3 Å². The van der Waals surface area contributed by atoms with E-state index in [1.807, 2.05) is 6.92 Å².